The first-order valence-electron chi connectivity index (χ1n) is 5.96. The first-order valence-corrected chi connectivity index (χ1v) is 5.96. The van der Waals surface area contributed by atoms with Gasteiger partial charge in [-0.05, 0) is 13.8 Å². The minimum Gasteiger partial charge on any atom is -0.359 e. The van der Waals surface area contributed by atoms with Crippen molar-refractivity contribution in [3.8, 4) is 0 Å². The molecule has 0 N–H and O–H groups in total. The van der Waals surface area contributed by atoms with Crippen molar-refractivity contribution in [1.29, 1.82) is 0 Å². The van der Waals surface area contributed by atoms with Crippen molar-refractivity contribution in [2.45, 2.75) is 26.7 Å². The lowest BCUT2D eigenvalue weighted by Crippen LogP contribution is -2.39. The largest absolute Gasteiger partial charge is 0.359 e. The number of carbonyl (C=O) groups is 2. The molecule has 0 aromatic carbocycles. The Morgan fingerprint density at radius 1 is 1.37 bits per heavy atom. The zero-order valence-corrected chi connectivity index (χ0v) is 11.4. The van der Waals surface area contributed by atoms with Crippen molar-refractivity contribution in [3.05, 3.63) is 11.5 Å². The average molecular weight is 264 g/mol. The van der Waals surface area contributed by atoms with Gasteiger partial charge in [-0.15, -0.1) is 0 Å². The Labute approximate surface area is 110 Å². The van der Waals surface area contributed by atoms with Gasteiger partial charge in [0.15, 0.2) is 5.76 Å². The van der Waals surface area contributed by atoms with Crippen LogP contribution in [0.5, 0.6) is 0 Å². The van der Waals surface area contributed by atoms with Crippen LogP contribution in [0, 0.1) is 13.8 Å². The third-order valence-corrected chi connectivity index (χ3v) is 3.09. The predicted octanol–water partition coefficient (Wildman–Crippen LogP) is 0.862. The van der Waals surface area contributed by atoms with Crippen LogP contribution in [0.1, 0.15) is 24.3 Å². The van der Waals surface area contributed by atoms with E-state index in [0.29, 0.717) is 35.7 Å². The number of nitrogens with zero attached hydrogens (tertiary/aromatic N) is 4. The summed E-state index contributed by atoms with van der Waals surface area (Å²) in [6, 6.07) is 0. The topological polar surface area (TPSA) is 79.0 Å². The molecule has 2 heterocycles. The highest BCUT2D eigenvalue weighted by atomic mass is 16.5. The van der Waals surface area contributed by atoms with Crippen LogP contribution in [-0.4, -0.2) is 41.8 Å². The molecule has 1 aromatic rings. The fraction of sp³-hybridized carbons (Fsp3) is 0.500. The Kier molecular flexibility index (Phi) is 3.37. The minimum absolute atomic E-state index is 0.0865. The first-order chi connectivity index (χ1) is 8.91. The number of amides is 2. The molecule has 0 radical (unpaired) electrons. The van der Waals surface area contributed by atoms with Gasteiger partial charge in [0.2, 0.25) is 5.91 Å². The molecule has 1 aliphatic heterocycles. The second-order valence-electron chi connectivity index (χ2n) is 4.50. The standard InChI is InChI=1S/C12H16N4O3/c1-7-11(8(2)19-14-7)15(3)12(18)9-5-6-10(17)16(4)13-9/h5-6H2,1-4H3. The lowest BCUT2D eigenvalue weighted by Gasteiger charge is -2.22. The molecule has 1 aromatic heterocycles. The summed E-state index contributed by atoms with van der Waals surface area (Å²) >= 11 is 0. The van der Waals surface area contributed by atoms with Crippen LogP contribution < -0.4 is 4.90 Å². The van der Waals surface area contributed by atoms with Crippen molar-refractivity contribution in [2.24, 2.45) is 5.10 Å². The molecule has 102 valence electrons. The molecule has 2 rings (SSSR count). The van der Waals surface area contributed by atoms with Crippen LogP contribution in [0.15, 0.2) is 9.62 Å². The molecule has 2 amide bonds. The number of hydrogen-bond acceptors (Lipinski definition) is 5. The molecular formula is C12H16N4O3. The highest BCUT2D eigenvalue weighted by Gasteiger charge is 2.27. The van der Waals surface area contributed by atoms with Gasteiger partial charge in [0.05, 0.1) is 0 Å². The van der Waals surface area contributed by atoms with Gasteiger partial charge in [-0.1, -0.05) is 5.16 Å². The number of hydrazone groups is 1. The molecular weight excluding hydrogens is 248 g/mol. The van der Waals surface area contributed by atoms with E-state index >= 15 is 0 Å². The molecule has 0 fully saturated rings. The molecule has 0 atom stereocenters. The van der Waals surface area contributed by atoms with Crippen molar-refractivity contribution in [3.63, 3.8) is 0 Å². The summed E-state index contributed by atoms with van der Waals surface area (Å²) in [5.41, 5.74) is 1.66. The van der Waals surface area contributed by atoms with Crippen LogP contribution in [0.25, 0.3) is 0 Å². The van der Waals surface area contributed by atoms with Gasteiger partial charge in [-0.3, -0.25) is 9.59 Å². The number of hydrogen-bond donors (Lipinski definition) is 0. The maximum atomic E-state index is 12.3. The number of aromatic nitrogens is 1. The third-order valence-electron chi connectivity index (χ3n) is 3.09. The van der Waals surface area contributed by atoms with E-state index in [1.807, 2.05) is 0 Å². The molecule has 19 heavy (non-hydrogen) atoms. The SMILES string of the molecule is Cc1noc(C)c1N(C)C(=O)C1=NN(C)C(=O)CC1. The van der Waals surface area contributed by atoms with Crippen LogP contribution in [0.2, 0.25) is 0 Å². The zero-order valence-electron chi connectivity index (χ0n) is 11.4. The molecule has 0 spiro atoms. The monoisotopic (exact) mass is 264 g/mol. The minimum atomic E-state index is -0.242. The van der Waals surface area contributed by atoms with E-state index in [1.165, 1.54) is 9.91 Å². The molecule has 1 aliphatic rings. The van der Waals surface area contributed by atoms with Gasteiger partial charge >= 0.3 is 0 Å². The lowest BCUT2D eigenvalue weighted by molar-refractivity contribution is -0.130. The Morgan fingerprint density at radius 3 is 2.58 bits per heavy atom. The summed E-state index contributed by atoms with van der Waals surface area (Å²) in [7, 11) is 3.19. The summed E-state index contributed by atoms with van der Waals surface area (Å²) < 4.78 is 5.04. The van der Waals surface area contributed by atoms with E-state index in [1.54, 1.807) is 27.9 Å². The predicted molar refractivity (Wildman–Crippen MR) is 68.8 cm³/mol. The normalized spacial score (nSPS) is 15.5. The fourth-order valence-electron chi connectivity index (χ4n) is 2.08. The number of carbonyl (C=O) groups excluding carboxylic acids is 2. The van der Waals surface area contributed by atoms with Gasteiger partial charge in [0.25, 0.3) is 5.91 Å². The number of rotatable bonds is 2. The molecule has 0 bridgehead atoms. The quantitative estimate of drug-likeness (QED) is 0.793. The number of anilines is 1. The van der Waals surface area contributed by atoms with E-state index in [-0.39, 0.29) is 11.8 Å². The summed E-state index contributed by atoms with van der Waals surface area (Å²) in [6.45, 7) is 3.52. The second kappa shape index (κ2) is 4.83. The first kappa shape index (κ1) is 13.3. The molecule has 7 nitrogen and oxygen atoms in total. The molecule has 0 saturated heterocycles. The average Bonchev–Trinajstić information content (AvgIpc) is 2.71. The van der Waals surface area contributed by atoms with Crippen molar-refractivity contribution >= 4 is 23.2 Å². The van der Waals surface area contributed by atoms with Crippen LogP contribution in [-0.2, 0) is 9.59 Å². The van der Waals surface area contributed by atoms with Crippen molar-refractivity contribution in [2.75, 3.05) is 19.0 Å². The van der Waals surface area contributed by atoms with E-state index in [2.05, 4.69) is 10.3 Å². The number of aryl methyl sites for hydroxylation is 2. The Balaban J connectivity index is 2.26. The highest BCUT2D eigenvalue weighted by molar-refractivity contribution is 6.44. The van der Waals surface area contributed by atoms with Gasteiger partial charge in [-0.25, -0.2) is 5.01 Å². The zero-order chi connectivity index (χ0) is 14.2. The van der Waals surface area contributed by atoms with E-state index in [9.17, 15) is 9.59 Å². The van der Waals surface area contributed by atoms with Crippen LogP contribution in [0.3, 0.4) is 0 Å². The van der Waals surface area contributed by atoms with Gasteiger partial charge in [-0.2, -0.15) is 5.10 Å². The lowest BCUT2D eigenvalue weighted by atomic mass is 10.1. The van der Waals surface area contributed by atoms with Crippen molar-refractivity contribution in [1.82, 2.24) is 10.2 Å². The van der Waals surface area contributed by atoms with Gasteiger partial charge < -0.3 is 9.42 Å². The maximum absolute atomic E-state index is 12.3. The van der Waals surface area contributed by atoms with Gasteiger partial charge in [0, 0.05) is 26.9 Å². The van der Waals surface area contributed by atoms with Gasteiger partial charge in [0.1, 0.15) is 17.1 Å². The molecule has 0 saturated carbocycles. The van der Waals surface area contributed by atoms with Crippen molar-refractivity contribution < 1.29 is 14.1 Å². The Morgan fingerprint density at radius 2 is 2.05 bits per heavy atom. The van der Waals surface area contributed by atoms with E-state index < -0.39 is 0 Å². The molecule has 0 unspecified atom stereocenters. The van der Waals surface area contributed by atoms with E-state index in [4.69, 9.17) is 4.52 Å². The molecule has 0 aliphatic carbocycles. The summed E-state index contributed by atoms with van der Waals surface area (Å²) in [5.74, 6) is 0.250. The maximum Gasteiger partial charge on any atom is 0.274 e. The Bertz CT molecular complexity index is 542. The smallest absolute Gasteiger partial charge is 0.274 e. The second-order valence-corrected chi connectivity index (χ2v) is 4.50. The Hall–Kier alpha value is -2.18. The van der Waals surface area contributed by atoms with E-state index in [0.717, 1.165) is 0 Å². The molecule has 7 heteroatoms. The summed E-state index contributed by atoms with van der Waals surface area (Å²) in [4.78, 5) is 25.1. The van der Waals surface area contributed by atoms with Crippen LogP contribution in [0.4, 0.5) is 5.69 Å². The third kappa shape index (κ3) is 2.35. The summed E-state index contributed by atoms with van der Waals surface area (Å²) in [5, 5.41) is 9.04. The fourth-order valence-corrected chi connectivity index (χ4v) is 2.08. The van der Waals surface area contributed by atoms with Crippen LogP contribution >= 0.6 is 0 Å². The highest BCUT2D eigenvalue weighted by Crippen LogP contribution is 2.23. The summed E-state index contributed by atoms with van der Waals surface area (Å²) in [6.07, 6.45) is 0.659.